The first kappa shape index (κ1) is 12.9. The molecule has 1 aromatic rings. The number of nitro groups is 1. The molecule has 0 bridgehead atoms. The fourth-order valence-corrected chi connectivity index (χ4v) is 2.17. The Balaban J connectivity index is 2.38. The van der Waals surface area contributed by atoms with Crippen molar-refractivity contribution >= 4 is 5.82 Å². The molecule has 4 atom stereocenters. The molecule has 1 fully saturated rings. The fraction of sp³-hybridized carbons (Fsp3) is 0.700. The molecule has 2 rings (SSSR count). The van der Waals surface area contributed by atoms with Crippen LogP contribution in [0.25, 0.3) is 0 Å². The van der Waals surface area contributed by atoms with E-state index in [1.165, 1.54) is 4.57 Å². The summed E-state index contributed by atoms with van der Waals surface area (Å²) in [5.74, 6) is 0.0928. The molecule has 18 heavy (non-hydrogen) atoms. The summed E-state index contributed by atoms with van der Waals surface area (Å²) in [6, 6.07) is 0. The van der Waals surface area contributed by atoms with E-state index in [-0.39, 0.29) is 5.82 Å². The van der Waals surface area contributed by atoms with Crippen LogP contribution in [0.1, 0.15) is 25.4 Å². The maximum Gasteiger partial charge on any atom is 0.345 e. The first-order valence-electron chi connectivity index (χ1n) is 5.67. The van der Waals surface area contributed by atoms with E-state index < -0.39 is 29.5 Å². The molecule has 4 unspecified atom stereocenters. The Labute approximate surface area is 103 Å². The van der Waals surface area contributed by atoms with Crippen molar-refractivity contribution in [3.8, 4) is 0 Å². The van der Waals surface area contributed by atoms with Crippen molar-refractivity contribution in [1.29, 1.82) is 0 Å². The first-order valence-corrected chi connectivity index (χ1v) is 5.67. The molecular weight excluding hydrogens is 242 g/mol. The Kier molecular flexibility index (Phi) is 3.33. The molecule has 0 aromatic carbocycles. The van der Waals surface area contributed by atoms with Crippen molar-refractivity contribution in [3.05, 3.63) is 22.1 Å². The Morgan fingerprint density at radius 1 is 1.56 bits per heavy atom. The summed E-state index contributed by atoms with van der Waals surface area (Å²) in [7, 11) is 0. The predicted molar refractivity (Wildman–Crippen MR) is 59.8 cm³/mol. The van der Waals surface area contributed by atoms with Crippen molar-refractivity contribution < 1.29 is 19.9 Å². The average molecular weight is 257 g/mol. The van der Waals surface area contributed by atoms with Gasteiger partial charge in [0.1, 0.15) is 18.4 Å². The van der Waals surface area contributed by atoms with Gasteiger partial charge >= 0.3 is 5.82 Å². The second-order valence-corrected chi connectivity index (χ2v) is 4.25. The monoisotopic (exact) mass is 257 g/mol. The number of imidazole rings is 1. The van der Waals surface area contributed by atoms with E-state index in [1.54, 1.807) is 13.8 Å². The molecule has 1 aromatic heterocycles. The van der Waals surface area contributed by atoms with Gasteiger partial charge in [0.15, 0.2) is 5.82 Å². The molecule has 100 valence electrons. The standard InChI is InChI=1S/C10H15N3O5/c1-3-6-8(14)9(15)10(18-6)12-5(2)11-4-7(12)13(16)17/h4,6,8-10,14-15H,3H2,1-2H3. The van der Waals surface area contributed by atoms with E-state index in [2.05, 4.69) is 4.98 Å². The van der Waals surface area contributed by atoms with Crippen LogP contribution in [0.2, 0.25) is 0 Å². The molecule has 0 aliphatic carbocycles. The Bertz CT molecular complexity index is 460. The molecule has 2 N–H and O–H groups in total. The zero-order chi connectivity index (χ0) is 13.4. The van der Waals surface area contributed by atoms with Crippen LogP contribution in [0.5, 0.6) is 0 Å². The molecule has 0 radical (unpaired) electrons. The van der Waals surface area contributed by atoms with Crippen molar-refractivity contribution in [2.45, 2.75) is 44.8 Å². The van der Waals surface area contributed by atoms with Crippen LogP contribution in [0.15, 0.2) is 6.20 Å². The molecule has 2 heterocycles. The lowest BCUT2D eigenvalue weighted by atomic mass is 10.1. The molecule has 8 nitrogen and oxygen atoms in total. The van der Waals surface area contributed by atoms with E-state index in [1.807, 2.05) is 0 Å². The van der Waals surface area contributed by atoms with Crippen molar-refractivity contribution in [3.63, 3.8) is 0 Å². The molecule has 0 amide bonds. The molecule has 1 aliphatic rings. The van der Waals surface area contributed by atoms with Gasteiger partial charge in [0.2, 0.25) is 6.23 Å². The van der Waals surface area contributed by atoms with Gasteiger partial charge < -0.3 is 25.1 Å². The summed E-state index contributed by atoms with van der Waals surface area (Å²) >= 11 is 0. The third kappa shape index (κ3) is 1.88. The van der Waals surface area contributed by atoms with Crippen LogP contribution in [0, 0.1) is 17.0 Å². The number of hydrogen-bond acceptors (Lipinski definition) is 6. The summed E-state index contributed by atoms with van der Waals surface area (Å²) in [5.41, 5.74) is 0. The summed E-state index contributed by atoms with van der Waals surface area (Å²) in [4.78, 5) is 14.1. The van der Waals surface area contributed by atoms with Gasteiger partial charge in [-0.15, -0.1) is 0 Å². The minimum absolute atomic E-state index is 0.263. The third-order valence-corrected chi connectivity index (χ3v) is 3.14. The second-order valence-electron chi connectivity index (χ2n) is 4.25. The van der Waals surface area contributed by atoms with E-state index in [9.17, 15) is 20.3 Å². The van der Waals surface area contributed by atoms with Gasteiger partial charge in [-0.3, -0.25) is 0 Å². The van der Waals surface area contributed by atoms with E-state index in [0.717, 1.165) is 6.20 Å². The lowest BCUT2D eigenvalue weighted by molar-refractivity contribution is -0.394. The van der Waals surface area contributed by atoms with Crippen LogP contribution in [-0.2, 0) is 4.74 Å². The predicted octanol–water partition coefficient (Wildman–Crippen LogP) is 0.129. The summed E-state index contributed by atoms with van der Waals surface area (Å²) < 4.78 is 6.67. The van der Waals surface area contributed by atoms with Gasteiger partial charge in [-0.2, -0.15) is 4.57 Å². The Hall–Kier alpha value is -1.51. The highest BCUT2D eigenvalue weighted by atomic mass is 16.6. The number of aliphatic hydroxyl groups excluding tert-OH is 2. The zero-order valence-electron chi connectivity index (χ0n) is 10.1. The summed E-state index contributed by atoms with van der Waals surface area (Å²) in [6.45, 7) is 3.38. The van der Waals surface area contributed by atoms with Crippen molar-refractivity contribution in [1.82, 2.24) is 9.55 Å². The van der Waals surface area contributed by atoms with Crippen molar-refractivity contribution in [2.24, 2.45) is 0 Å². The lowest BCUT2D eigenvalue weighted by Gasteiger charge is -2.13. The normalized spacial score (nSPS) is 31.8. The number of rotatable bonds is 3. The summed E-state index contributed by atoms with van der Waals surface area (Å²) in [6.07, 6.45) is -2.16. The smallest absolute Gasteiger partial charge is 0.345 e. The number of ether oxygens (including phenoxy) is 1. The summed E-state index contributed by atoms with van der Waals surface area (Å²) in [5, 5.41) is 30.6. The molecule has 8 heteroatoms. The Morgan fingerprint density at radius 2 is 2.22 bits per heavy atom. The number of aliphatic hydroxyl groups is 2. The highest BCUT2D eigenvalue weighted by Crippen LogP contribution is 2.34. The minimum Gasteiger partial charge on any atom is -0.387 e. The van der Waals surface area contributed by atoms with E-state index >= 15 is 0 Å². The molecule has 0 spiro atoms. The topological polar surface area (TPSA) is 111 Å². The van der Waals surface area contributed by atoms with Gasteiger partial charge in [-0.25, -0.2) is 4.98 Å². The van der Waals surface area contributed by atoms with Gasteiger partial charge in [-0.05, 0) is 11.3 Å². The molecule has 1 saturated heterocycles. The highest BCUT2D eigenvalue weighted by Gasteiger charge is 2.47. The number of hydrogen-bond donors (Lipinski definition) is 2. The number of aromatic nitrogens is 2. The van der Waals surface area contributed by atoms with Crippen LogP contribution in [0.4, 0.5) is 5.82 Å². The highest BCUT2D eigenvalue weighted by molar-refractivity contribution is 5.20. The third-order valence-electron chi connectivity index (χ3n) is 3.14. The average Bonchev–Trinajstić information content (AvgIpc) is 2.82. The van der Waals surface area contributed by atoms with Gasteiger partial charge in [0.25, 0.3) is 0 Å². The lowest BCUT2D eigenvalue weighted by Crippen LogP contribution is -2.31. The Morgan fingerprint density at radius 3 is 2.72 bits per heavy atom. The maximum atomic E-state index is 10.9. The molecule has 1 aliphatic heterocycles. The largest absolute Gasteiger partial charge is 0.387 e. The molecular formula is C10H15N3O5. The van der Waals surface area contributed by atoms with E-state index in [0.29, 0.717) is 12.2 Å². The number of nitrogens with zero attached hydrogens (tertiary/aromatic N) is 3. The van der Waals surface area contributed by atoms with Crippen LogP contribution >= 0.6 is 0 Å². The minimum atomic E-state index is -1.21. The first-order chi connectivity index (χ1) is 8.47. The molecule has 0 saturated carbocycles. The van der Waals surface area contributed by atoms with Crippen LogP contribution < -0.4 is 0 Å². The van der Waals surface area contributed by atoms with E-state index in [4.69, 9.17) is 4.74 Å². The van der Waals surface area contributed by atoms with Crippen LogP contribution in [-0.4, -0.2) is 43.0 Å². The van der Waals surface area contributed by atoms with Crippen LogP contribution in [0.3, 0.4) is 0 Å². The second kappa shape index (κ2) is 4.63. The zero-order valence-corrected chi connectivity index (χ0v) is 10.1. The number of aryl methyl sites for hydroxylation is 1. The maximum absolute atomic E-state index is 10.9. The van der Waals surface area contributed by atoms with Gasteiger partial charge in [-0.1, -0.05) is 6.92 Å². The fourth-order valence-electron chi connectivity index (χ4n) is 2.17. The van der Waals surface area contributed by atoms with Crippen molar-refractivity contribution in [2.75, 3.05) is 0 Å². The van der Waals surface area contributed by atoms with Gasteiger partial charge in [0.05, 0.1) is 6.10 Å². The quantitative estimate of drug-likeness (QED) is 0.588. The SMILES string of the molecule is CCC1OC(n2c([N+](=O)[O-])cnc2C)C(O)C1O. The van der Waals surface area contributed by atoms with Gasteiger partial charge in [0, 0.05) is 6.92 Å².